The molecule has 0 aliphatic carbocycles. The number of nitrogen functional groups attached to an aromatic ring is 1. The molecule has 0 aromatic heterocycles. The molecule has 0 fully saturated rings. The average molecular weight is 294 g/mol. The lowest BCUT2D eigenvalue weighted by Crippen LogP contribution is -2.34. The van der Waals surface area contributed by atoms with Crippen LogP contribution in [0.5, 0.6) is 0 Å². The van der Waals surface area contributed by atoms with Gasteiger partial charge in [-0.2, -0.15) is 0 Å². The van der Waals surface area contributed by atoms with Gasteiger partial charge in [-0.05, 0) is 25.2 Å². The van der Waals surface area contributed by atoms with E-state index in [1.807, 2.05) is 32.1 Å². The number of ether oxygens (including phenoxy) is 1. The predicted molar refractivity (Wildman–Crippen MR) is 86.9 cm³/mol. The second kappa shape index (κ2) is 8.49. The van der Waals surface area contributed by atoms with Crippen LogP contribution >= 0.6 is 0 Å². The first kappa shape index (κ1) is 17.3. The van der Waals surface area contributed by atoms with Gasteiger partial charge in [-0.25, -0.2) is 0 Å². The molecule has 0 atom stereocenters. The Morgan fingerprint density at radius 1 is 1.29 bits per heavy atom. The minimum Gasteiger partial charge on any atom is -0.397 e. The molecule has 1 aromatic carbocycles. The summed E-state index contributed by atoms with van der Waals surface area (Å²) in [5.41, 5.74) is 8.04. The summed E-state index contributed by atoms with van der Waals surface area (Å²) >= 11 is 0. The van der Waals surface area contributed by atoms with Crippen LogP contribution in [0.1, 0.15) is 10.4 Å². The summed E-state index contributed by atoms with van der Waals surface area (Å²) in [6.45, 7) is 2.90. The summed E-state index contributed by atoms with van der Waals surface area (Å²) in [7, 11) is 7.51. The SMILES string of the molecule is COCCN(C)CCNC(=O)c1ccc(N(C)C)c(N)c1. The number of nitrogens with one attached hydrogen (secondary N) is 1. The summed E-state index contributed by atoms with van der Waals surface area (Å²) in [4.78, 5) is 16.1. The van der Waals surface area contributed by atoms with Crippen molar-refractivity contribution in [2.75, 3.05) is 65.1 Å². The molecule has 3 N–H and O–H groups in total. The molecule has 6 nitrogen and oxygen atoms in total. The smallest absolute Gasteiger partial charge is 0.251 e. The number of anilines is 2. The summed E-state index contributed by atoms with van der Waals surface area (Å²) in [5.74, 6) is -0.104. The number of nitrogens with two attached hydrogens (primary N) is 1. The molecule has 0 saturated heterocycles. The quantitative estimate of drug-likeness (QED) is 0.689. The van der Waals surface area contributed by atoms with Crippen molar-refractivity contribution in [3.8, 4) is 0 Å². The van der Waals surface area contributed by atoms with Crippen LogP contribution in [0, 0.1) is 0 Å². The van der Waals surface area contributed by atoms with Crippen LogP contribution in [0.25, 0.3) is 0 Å². The van der Waals surface area contributed by atoms with Crippen LogP contribution in [-0.4, -0.2) is 65.3 Å². The third kappa shape index (κ3) is 5.61. The van der Waals surface area contributed by atoms with Crippen LogP contribution < -0.4 is 16.0 Å². The number of nitrogens with zero attached hydrogens (tertiary/aromatic N) is 2. The van der Waals surface area contributed by atoms with Crippen LogP contribution in [0.15, 0.2) is 18.2 Å². The molecular formula is C15H26N4O2. The van der Waals surface area contributed by atoms with E-state index in [0.717, 1.165) is 18.8 Å². The number of amides is 1. The van der Waals surface area contributed by atoms with Gasteiger partial charge >= 0.3 is 0 Å². The van der Waals surface area contributed by atoms with Crippen LogP contribution in [0.3, 0.4) is 0 Å². The van der Waals surface area contributed by atoms with E-state index in [1.165, 1.54) is 0 Å². The van der Waals surface area contributed by atoms with Gasteiger partial charge in [-0.1, -0.05) is 0 Å². The molecule has 21 heavy (non-hydrogen) atoms. The number of benzene rings is 1. The Hall–Kier alpha value is -1.79. The van der Waals surface area contributed by atoms with Crippen molar-refractivity contribution in [3.63, 3.8) is 0 Å². The van der Waals surface area contributed by atoms with E-state index in [-0.39, 0.29) is 5.91 Å². The van der Waals surface area contributed by atoms with Gasteiger partial charge in [0.1, 0.15) is 0 Å². The first-order valence-corrected chi connectivity index (χ1v) is 6.98. The minimum absolute atomic E-state index is 0.104. The van der Waals surface area contributed by atoms with E-state index in [0.29, 0.717) is 24.4 Å². The van der Waals surface area contributed by atoms with Crippen molar-refractivity contribution >= 4 is 17.3 Å². The van der Waals surface area contributed by atoms with E-state index in [2.05, 4.69) is 10.2 Å². The van der Waals surface area contributed by atoms with E-state index < -0.39 is 0 Å². The Morgan fingerprint density at radius 3 is 2.57 bits per heavy atom. The fourth-order valence-electron chi connectivity index (χ4n) is 1.92. The topological polar surface area (TPSA) is 70.8 Å². The molecular weight excluding hydrogens is 268 g/mol. The van der Waals surface area contributed by atoms with Crippen molar-refractivity contribution < 1.29 is 9.53 Å². The van der Waals surface area contributed by atoms with Crippen LogP contribution in [0.2, 0.25) is 0 Å². The third-order valence-corrected chi connectivity index (χ3v) is 3.23. The maximum Gasteiger partial charge on any atom is 0.251 e. The third-order valence-electron chi connectivity index (χ3n) is 3.23. The molecule has 0 aliphatic heterocycles. The fourth-order valence-corrected chi connectivity index (χ4v) is 1.92. The van der Waals surface area contributed by atoms with Gasteiger partial charge in [0.2, 0.25) is 0 Å². The molecule has 6 heteroatoms. The normalized spacial score (nSPS) is 10.7. The van der Waals surface area contributed by atoms with Gasteiger partial charge in [0, 0.05) is 46.4 Å². The van der Waals surface area contributed by atoms with Gasteiger partial charge in [0.25, 0.3) is 5.91 Å². The van der Waals surface area contributed by atoms with Crippen LogP contribution in [0.4, 0.5) is 11.4 Å². The first-order valence-electron chi connectivity index (χ1n) is 6.98. The number of rotatable bonds is 8. The van der Waals surface area contributed by atoms with Gasteiger partial charge in [0.05, 0.1) is 18.0 Å². The summed E-state index contributed by atoms with van der Waals surface area (Å²) in [6, 6.07) is 5.35. The molecule has 1 amide bonds. The number of carbonyl (C=O) groups excluding carboxylic acids is 1. The second-order valence-corrected chi connectivity index (χ2v) is 5.22. The van der Waals surface area contributed by atoms with E-state index in [4.69, 9.17) is 10.5 Å². The highest BCUT2D eigenvalue weighted by molar-refractivity contribution is 5.96. The summed E-state index contributed by atoms with van der Waals surface area (Å²) in [6.07, 6.45) is 0. The monoisotopic (exact) mass is 294 g/mol. The highest BCUT2D eigenvalue weighted by atomic mass is 16.5. The largest absolute Gasteiger partial charge is 0.397 e. The van der Waals surface area contributed by atoms with E-state index in [1.54, 1.807) is 19.2 Å². The van der Waals surface area contributed by atoms with E-state index >= 15 is 0 Å². The molecule has 0 unspecified atom stereocenters. The van der Waals surface area contributed by atoms with Gasteiger partial charge in [0.15, 0.2) is 0 Å². The summed E-state index contributed by atoms with van der Waals surface area (Å²) < 4.78 is 5.01. The first-order chi connectivity index (χ1) is 9.95. The maximum atomic E-state index is 12.1. The van der Waals surface area contributed by atoms with Crippen molar-refractivity contribution in [1.82, 2.24) is 10.2 Å². The lowest BCUT2D eigenvalue weighted by molar-refractivity contribution is 0.0947. The van der Waals surface area contributed by atoms with Crippen molar-refractivity contribution in [2.45, 2.75) is 0 Å². The molecule has 0 spiro atoms. The predicted octanol–water partition coefficient (Wildman–Crippen LogP) is 0.643. The van der Waals surface area contributed by atoms with Gasteiger partial charge < -0.3 is 25.6 Å². The summed E-state index contributed by atoms with van der Waals surface area (Å²) in [5, 5.41) is 2.89. The lowest BCUT2D eigenvalue weighted by atomic mass is 10.1. The van der Waals surface area contributed by atoms with Crippen LogP contribution in [-0.2, 0) is 4.74 Å². The maximum absolute atomic E-state index is 12.1. The number of hydrogen-bond acceptors (Lipinski definition) is 5. The molecule has 1 rings (SSSR count). The zero-order valence-corrected chi connectivity index (χ0v) is 13.3. The zero-order valence-electron chi connectivity index (χ0n) is 13.3. The Labute approximate surface area is 126 Å². The minimum atomic E-state index is -0.104. The molecule has 0 aliphatic rings. The number of hydrogen-bond donors (Lipinski definition) is 2. The van der Waals surface area contributed by atoms with Crippen molar-refractivity contribution in [2.24, 2.45) is 0 Å². The molecule has 0 bridgehead atoms. The number of carbonyl (C=O) groups is 1. The molecule has 0 saturated carbocycles. The van der Waals surface area contributed by atoms with E-state index in [9.17, 15) is 4.79 Å². The average Bonchev–Trinajstić information content (AvgIpc) is 2.44. The molecule has 0 radical (unpaired) electrons. The van der Waals surface area contributed by atoms with Gasteiger partial charge in [-0.15, -0.1) is 0 Å². The van der Waals surface area contributed by atoms with Crippen molar-refractivity contribution in [1.29, 1.82) is 0 Å². The van der Waals surface area contributed by atoms with Gasteiger partial charge in [-0.3, -0.25) is 4.79 Å². The molecule has 0 heterocycles. The standard InChI is InChI=1S/C15H26N4O2/c1-18(2)14-6-5-12(11-13(14)16)15(20)17-7-8-19(3)9-10-21-4/h5-6,11H,7-10,16H2,1-4H3,(H,17,20). The fraction of sp³-hybridized carbons (Fsp3) is 0.533. The Bertz CT molecular complexity index is 463. The number of methoxy groups -OCH3 is 1. The number of likely N-dealkylation sites (N-methyl/N-ethyl adjacent to an activating group) is 1. The lowest BCUT2D eigenvalue weighted by Gasteiger charge is -2.17. The molecule has 1 aromatic rings. The zero-order chi connectivity index (χ0) is 15.8. The highest BCUT2D eigenvalue weighted by Crippen LogP contribution is 2.22. The Kier molecular flexibility index (Phi) is 6.98. The Balaban J connectivity index is 2.47. The highest BCUT2D eigenvalue weighted by Gasteiger charge is 2.09. The van der Waals surface area contributed by atoms with Crippen molar-refractivity contribution in [3.05, 3.63) is 23.8 Å². The second-order valence-electron chi connectivity index (χ2n) is 5.22. The molecule has 118 valence electrons. The Morgan fingerprint density at radius 2 is 2.00 bits per heavy atom.